The number of nitrogens with zero attached hydrogens (tertiary/aromatic N) is 4. The average molecular weight is 598 g/mol. The van der Waals surface area contributed by atoms with Crippen LogP contribution in [0.5, 0.6) is 5.75 Å². The number of hydrogen-bond acceptors (Lipinski definition) is 10. The number of rotatable bonds is 16. The number of benzene rings is 3. The fraction of sp³-hybridized carbons (Fsp3) is 0.333. The van der Waals surface area contributed by atoms with Crippen LogP contribution in [0.3, 0.4) is 0 Å². The quantitative estimate of drug-likeness (QED) is 0.164. The van der Waals surface area contributed by atoms with E-state index in [9.17, 15) is 4.79 Å². The van der Waals surface area contributed by atoms with Gasteiger partial charge in [-0.05, 0) is 47.4 Å². The van der Waals surface area contributed by atoms with Crippen molar-refractivity contribution in [1.29, 1.82) is 0 Å². The molecule has 230 valence electrons. The minimum atomic E-state index is -0.109. The van der Waals surface area contributed by atoms with E-state index in [4.69, 9.17) is 24.2 Å². The molecule has 1 aliphatic heterocycles. The van der Waals surface area contributed by atoms with Gasteiger partial charge in [-0.15, -0.1) is 0 Å². The first kappa shape index (κ1) is 30.7. The highest BCUT2D eigenvalue weighted by Crippen LogP contribution is 2.23. The summed E-state index contributed by atoms with van der Waals surface area (Å²) >= 11 is 0. The van der Waals surface area contributed by atoms with Gasteiger partial charge >= 0.3 is 0 Å². The molecule has 0 saturated carbocycles. The van der Waals surface area contributed by atoms with Gasteiger partial charge < -0.3 is 35.1 Å². The van der Waals surface area contributed by atoms with E-state index in [1.165, 1.54) is 11.1 Å². The molecule has 0 saturated heterocycles. The smallest absolute Gasteiger partial charge is 0.251 e. The first-order chi connectivity index (χ1) is 21.7. The first-order valence-electron chi connectivity index (χ1n) is 14.8. The van der Waals surface area contributed by atoms with Crippen LogP contribution in [0.15, 0.2) is 78.9 Å². The maximum absolute atomic E-state index is 12.0. The van der Waals surface area contributed by atoms with Crippen LogP contribution < -0.4 is 25.6 Å². The van der Waals surface area contributed by atoms with Crippen LogP contribution >= 0.6 is 0 Å². The summed E-state index contributed by atoms with van der Waals surface area (Å²) in [7, 11) is 1.66. The van der Waals surface area contributed by atoms with Crippen LogP contribution in [0.25, 0.3) is 0 Å². The summed E-state index contributed by atoms with van der Waals surface area (Å²) in [6, 6.07) is 25.5. The van der Waals surface area contributed by atoms with Gasteiger partial charge in [0.2, 0.25) is 17.8 Å². The number of fused-ring (bicyclic) bond motifs is 1. The van der Waals surface area contributed by atoms with Crippen LogP contribution in [0, 0.1) is 0 Å². The Hall–Kier alpha value is -4.74. The molecule has 44 heavy (non-hydrogen) atoms. The summed E-state index contributed by atoms with van der Waals surface area (Å²) in [4.78, 5) is 28.3. The molecule has 1 aromatic heterocycles. The van der Waals surface area contributed by atoms with Crippen LogP contribution in [0.2, 0.25) is 0 Å². The maximum Gasteiger partial charge on any atom is 0.251 e. The molecule has 0 radical (unpaired) electrons. The highest BCUT2D eigenvalue weighted by molar-refractivity contribution is 5.94. The second-order valence-electron chi connectivity index (χ2n) is 10.2. The predicted molar refractivity (Wildman–Crippen MR) is 170 cm³/mol. The topological polar surface area (TPSA) is 123 Å². The minimum absolute atomic E-state index is 0.109. The van der Waals surface area contributed by atoms with E-state index in [0.29, 0.717) is 69.5 Å². The molecule has 0 spiro atoms. The Morgan fingerprint density at radius 3 is 2.20 bits per heavy atom. The maximum atomic E-state index is 12.0. The number of aromatic nitrogens is 3. The number of nitrogens with one attached hydrogen (secondary N) is 3. The lowest BCUT2D eigenvalue weighted by Gasteiger charge is -2.29. The molecule has 1 amide bonds. The van der Waals surface area contributed by atoms with Crippen molar-refractivity contribution >= 4 is 23.8 Å². The monoisotopic (exact) mass is 597 g/mol. The number of ether oxygens (including phenoxy) is 3. The third-order valence-electron chi connectivity index (χ3n) is 7.12. The summed E-state index contributed by atoms with van der Waals surface area (Å²) in [5.41, 5.74) is 4.38. The number of carbonyl (C=O) groups is 1. The minimum Gasteiger partial charge on any atom is -0.497 e. The molecule has 0 atom stereocenters. The molecular formula is C33H39N7O4. The van der Waals surface area contributed by atoms with Gasteiger partial charge in [-0.2, -0.15) is 15.0 Å². The fourth-order valence-corrected chi connectivity index (χ4v) is 4.74. The second kappa shape index (κ2) is 16.2. The van der Waals surface area contributed by atoms with E-state index in [-0.39, 0.29) is 5.91 Å². The van der Waals surface area contributed by atoms with E-state index in [1.807, 2.05) is 42.5 Å². The Labute approximate surface area is 258 Å². The third kappa shape index (κ3) is 9.13. The number of carbonyl (C=O) groups excluding carboxylic acids is 1. The molecule has 4 aromatic rings. The normalized spacial score (nSPS) is 12.3. The summed E-state index contributed by atoms with van der Waals surface area (Å²) in [6.07, 6.45) is 0.939. The molecule has 0 unspecified atom stereocenters. The van der Waals surface area contributed by atoms with Crippen molar-refractivity contribution in [2.75, 3.05) is 68.7 Å². The van der Waals surface area contributed by atoms with Gasteiger partial charge in [0, 0.05) is 38.3 Å². The van der Waals surface area contributed by atoms with Gasteiger partial charge in [0.15, 0.2) is 0 Å². The van der Waals surface area contributed by atoms with Gasteiger partial charge in [0.1, 0.15) is 5.75 Å². The number of hydrogen-bond donors (Lipinski definition) is 3. The molecule has 0 bridgehead atoms. The van der Waals surface area contributed by atoms with Crippen LogP contribution in [0.4, 0.5) is 17.8 Å². The van der Waals surface area contributed by atoms with E-state index >= 15 is 0 Å². The van der Waals surface area contributed by atoms with E-state index < -0.39 is 0 Å². The summed E-state index contributed by atoms with van der Waals surface area (Å²) in [6.45, 7) is 4.86. The summed E-state index contributed by atoms with van der Waals surface area (Å²) in [5, 5.41) is 9.46. The van der Waals surface area contributed by atoms with Crippen LogP contribution in [-0.4, -0.2) is 74.0 Å². The van der Waals surface area contributed by atoms with Crippen molar-refractivity contribution in [3.05, 3.63) is 101 Å². The Bertz CT molecular complexity index is 1470. The van der Waals surface area contributed by atoms with Gasteiger partial charge in [-0.1, -0.05) is 54.6 Å². The van der Waals surface area contributed by atoms with Gasteiger partial charge in [0.25, 0.3) is 5.91 Å². The Kier molecular flexibility index (Phi) is 11.3. The summed E-state index contributed by atoms with van der Waals surface area (Å²) in [5.74, 6) is 2.32. The number of anilines is 3. The zero-order chi connectivity index (χ0) is 30.4. The van der Waals surface area contributed by atoms with Crippen LogP contribution in [-0.2, 0) is 29.0 Å². The molecule has 5 rings (SSSR count). The lowest BCUT2D eigenvalue weighted by Crippen LogP contribution is -2.32. The first-order valence-corrected chi connectivity index (χ1v) is 14.8. The molecule has 3 N–H and O–H groups in total. The Balaban J connectivity index is 1.08. The molecule has 1 aliphatic rings. The molecular weight excluding hydrogens is 558 g/mol. The van der Waals surface area contributed by atoms with Gasteiger partial charge in [-0.3, -0.25) is 4.79 Å². The molecule has 0 aliphatic carbocycles. The number of amides is 1. The van der Waals surface area contributed by atoms with E-state index in [2.05, 4.69) is 50.1 Å². The zero-order valence-electron chi connectivity index (χ0n) is 25.0. The van der Waals surface area contributed by atoms with Crippen molar-refractivity contribution in [2.24, 2.45) is 0 Å². The van der Waals surface area contributed by atoms with Crippen molar-refractivity contribution in [3.8, 4) is 5.75 Å². The largest absolute Gasteiger partial charge is 0.497 e. The lowest BCUT2D eigenvalue weighted by atomic mass is 10.0. The Morgan fingerprint density at radius 2 is 1.45 bits per heavy atom. The fourth-order valence-electron chi connectivity index (χ4n) is 4.74. The molecule has 11 nitrogen and oxygen atoms in total. The standard InChI is InChI=1S/C33H39N7O4/c1-42-29-13-11-25(12-14-29)23-36-32-37-31(38-33(39-32)40-18-15-26-7-5-6-10-28(26)24-40)35-17-20-44-22-21-43-19-16-34-30(41)27-8-3-2-4-9-27/h2-14H,15-24H2,1H3,(H,34,41)(H2,35,36,37,38,39). The second-order valence-corrected chi connectivity index (χ2v) is 10.2. The van der Waals surface area contributed by atoms with Crippen molar-refractivity contribution in [3.63, 3.8) is 0 Å². The van der Waals surface area contributed by atoms with Crippen LogP contribution in [0.1, 0.15) is 27.0 Å². The highest BCUT2D eigenvalue weighted by Gasteiger charge is 2.20. The van der Waals surface area contributed by atoms with Crippen molar-refractivity contribution in [2.45, 2.75) is 19.5 Å². The molecule has 0 fully saturated rings. The van der Waals surface area contributed by atoms with Gasteiger partial charge in [0.05, 0.1) is 33.5 Å². The van der Waals surface area contributed by atoms with E-state index in [1.54, 1.807) is 19.2 Å². The SMILES string of the molecule is COc1ccc(CNc2nc(NCCOCCOCCNC(=O)c3ccccc3)nc(N3CCc4ccccc4C3)n2)cc1. The average Bonchev–Trinajstić information content (AvgIpc) is 3.08. The molecule has 3 aromatic carbocycles. The van der Waals surface area contributed by atoms with E-state index in [0.717, 1.165) is 30.8 Å². The van der Waals surface area contributed by atoms with Gasteiger partial charge in [-0.25, -0.2) is 0 Å². The van der Waals surface area contributed by atoms with Crippen molar-refractivity contribution < 1.29 is 19.0 Å². The summed E-state index contributed by atoms with van der Waals surface area (Å²) < 4.78 is 16.5. The lowest BCUT2D eigenvalue weighted by molar-refractivity contribution is 0.0519. The predicted octanol–water partition coefficient (Wildman–Crippen LogP) is 3.93. The third-order valence-corrected chi connectivity index (χ3v) is 7.12. The van der Waals surface area contributed by atoms with Crippen molar-refractivity contribution in [1.82, 2.24) is 20.3 Å². The molecule has 11 heteroatoms. The zero-order valence-corrected chi connectivity index (χ0v) is 25.0. The highest BCUT2D eigenvalue weighted by atomic mass is 16.5. The molecule has 2 heterocycles. The number of methoxy groups -OCH3 is 1. The Morgan fingerprint density at radius 1 is 0.773 bits per heavy atom.